The number of hydrogen-bond donors (Lipinski definition) is 0. The van der Waals surface area contributed by atoms with Gasteiger partial charge >= 0.3 is 5.97 Å². The average molecular weight is 181 g/mol. The van der Waals surface area contributed by atoms with E-state index in [9.17, 15) is 9.18 Å². The van der Waals surface area contributed by atoms with Crippen LogP contribution in [0.5, 0.6) is 0 Å². The van der Waals surface area contributed by atoms with E-state index in [1.807, 2.05) is 0 Å². The molecular formula is C10H10FO2. The van der Waals surface area contributed by atoms with Crippen LogP contribution in [0.1, 0.15) is 16.8 Å². The smallest absolute Gasteiger partial charge is 0.338 e. The van der Waals surface area contributed by atoms with Gasteiger partial charge in [-0.3, -0.25) is 0 Å². The first-order valence-corrected chi connectivity index (χ1v) is 3.96. The van der Waals surface area contributed by atoms with E-state index < -0.39 is 5.97 Å². The predicted octanol–water partition coefficient (Wildman–Crippen LogP) is 2.21. The highest BCUT2D eigenvalue weighted by atomic mass is 19.1. The largest absolute Gasteiger partial charge is 0.462 e. The Morgan fingerprint density at radius 1 is 1.38 bits per heavy atom. The molecule has 1 radical (unpaired) electrons. The van der Waals surface area contributed by atoms with Crippen LogP contribution in [0, 0.1) is 12.7 Å². The van der Waals surface area contributed by atoms with Crippen LogP contribution in [0.4, 0.5) is 4.39 Å². The Bertz CT molecular complexity index is 279. The van der Waals surface area contributed by atoms with Crippen molar-refractivity contribution < 1.29 is 13.9 Å². The molecule has 0 spiro atoms. The zero-order valence-electron chi connectivity index (χ0n) is 7.13. The van der Waals surface area contributed by atoms with Crippen LogP contribution in [0.25, 0.3) is 0 Å². The monoisotopic (exact) mass is 181 g/mol. The number of carbonyl (C=O) groups excluding carboxylic acids is 1. The fraction of sp³-hybridized carbons (Fsp3) is 0.200. The van der Waals surface area contributed by atoms with Crippen LogP contribution in [0.2, 0.25) is 0 Å². The highest BCUT2D eigenvalue weighted by Gasteiger charge is 2.05. The van der Waals surface area contributed by atoms with Crippen molar-refractivity contribution in [2.75, 3.05) is 6.61 Å². The van der Waals surface area contributed by atoms with E-state index in [1.165, 1.54) is 24.3 Å². The summed E-state index contributed by atoms with van der Waals surface area (Å²) >= 11 is 0. The van der Waals surface area contributed by atoms with Crippen LogP contribution < -0.4 is 0 Å². The number of carbonyl (C=O) groups is 1. The van der Waals surface area contributed by atoms with Gasteiger partial charge in [-0.1, -0.05) is 0 Å². The van der Waals surface area contributed by atoms with Crippen molar-refractivity contribution in [2.24, 2.45) is 0 Å². The normalized spacial score (nSPS) is 9.69. The SMILES string of the molecule is [CH2]CCOC(=O)c1ccc(F)cc1. The Labute approximate surface area is 76.3 Å². The van der Waals surface area contributed by atoms with Gasteiger partial charge < -0.3 is 4.74 Å². The molecular weight excluding hydrogens is 171 g/mol. The van der Waals surface area contributed by atoms with Crippen molar-refractivity contribution >= 4 is 5.97 Å². The van der Waals surface area contributed by atoms with Gasteiger partial charge in [-0.15, -0.1) is 0 Å². The van der Waals surface area contributed by atoms with E-state index in [0.29, 0.717) is 12.0 Å². The van der Waals surface area contributed by atoms with Gasteiger partial charge in [0, 0.05) is 0 Å². The summed E-state index contributed by atoms with van der Waals surface area (Å²) in [6, 6.07) is 5.23. The first-order valence-electron chi connectivity index (χ1n) is 3.96. The molecule has 2 nitrogen and oxygen atoms in total. The Balaban J connectivity index is 2.61. The van der Waals surface area contributed by atoms with Gasteiger partial charge in [-0.25, -0.2) is 9.18 Å². The Morgan fingerprint density at radius 3 is 2.54 bits per heavy atom. The molecule has 0 aliphatic carbocycles. The number of rotatable bonds is 3. The molecule has 0 saturated heterocycles. The van der Waals surface area contributed by atoms with Crippen molar-refractivity contribution in [1.29, 1.82) is 0 Å². The predicted molar refractivity (Wildman–Crippen MR) is 46.7 cm³/mol. The van der Waals surface area contributed by atoms with Crippen molar-refractivity contribution in [3.8, 4) is 0 Å². The maximum Gasteiger partial charge on any atom is 0.338 e. The lowest BCUT2D eigenvalue weighted by molar-refractivity contribution is 0.0511. The first kappa shape index (κ1) is 9.71. The quantitative estimate of drug-likeness (QED) is 0.668. The third-order valence-electron chi connectivity index (χ3n) is 1.46. The molecule has 0 saturated carbocycles. The molecule has 3 heteroatoms. The van der Waals surface area contributed by atoms with E-state index in [-0.39, 0.29) is 12.4 Å². The second-order valence-electron chi connectivity index (χ2n) is 2.50. The van der Waals surface area contributed by atoms with Gasteiger partial charge in [0.1, 0.15) is 5.82 Å². The molecule has 0 heterocycles. The van der Waals surface area contributed by atoms with Crippen LogP contribution in [0.15, 0.2) is 24.3 Å². The summed E-state index contributed by atoms with van der Waals surface area (Å²) < 4.78 is 17.2. The van der Waals surface area contributed by atoms with Gasteiger partial charge in [0.05, 0.1) is 12.2 Å². The van der Waals surface area contributed by atoms with E-state index >= 15 is 0 Å². The van der Waals surface area contributed by atoms with Crippen LogP contribution in [0.3, 0.4) is 0 Å². The van der Waals surface area contributed by atoms with E-state index in [1.54, 1.807) is 0 Å². The number of ether oxygens (including phenoxy) is 1. The second kappa shape index (κ2) is 4.60. The zero-order chi connectivity index (χ0) is 9.68. The molecule has 1 aromatic rings. The minimum Gasteiger partial charge on any atom is -0.462 e. The summed E-state index contributed by atoms with van der Waals surface area (Å²) in [6.45, 7) is 3.82. The molecule has 0 fully saturated rings. The van der Waals surface area contributed by atoms with E-state index in [2.05, 4.69) is 6.92 Å². The third-order valence-corrected chi connectivity index (χ3v) is 1.46. The summed E-state index contributed by atoms with van der Waals surface area (Å²) in [7, 11) is 0. The molecule has 13 heavy (non-hydrogen) atoms. The summed E-state index contributed by atoms with van der Waals surface area (Å²) in [5, 5.41) is 0. The highest BCUT2D eigenvalue weighted by Crippen LogP contribution is 2.04. The van der Waals surface area contributed by atoms with Crippen molar-refractivity contribution in [3.63, 3.8) is 0 Å². The van der Waals surface area contributed by atoms with E-state index in [4.69, 9.17) is 4.74 Å². The molecule has 0 amide bonds. The molecule has 0 unspecified atom stereocenters. The number of hydrogen-bond acceptors (Lipinski definition) is 2. The Morgan fingerprint density at radius 2 is 2.00 bits per heavy atom. The van der Waals surface area contributed by atoms with Crippen molar-refractivity contribution in [3.05, 3.63) is 42.6 Å². The number of esters is 1. The molecule has 0 bridgehead atoms. The Hall–Kier alpha value is -1.38. The fourth-order valence-electron chi connectivity index (χ4n) is 0.834. The molecule has 1 aromatic carbocycles. The lowest BCUT2D eigenvalue weighted by Crippen LogP contribution is -2.05. The first-order chi connectivity index (χ1) is 6.24. The van der Waals surface area contributed by atoms with Crippen LogP contribution in [-0.4, -0.2) is 12.6 Å². The molecule has 1 rings (SSSR count). The maximum absolute atomic E-state index is 12.4. The standard InChI is InChI=1S/C10H10FO2/c1-2-7-13-10(12)8-3-5-9(11)6-4-8/h3-6H,1-2,7H2. The third kappa shape index (κ3) is 2.86. The topological polar surface area (TPSA) is 26.3 Å². The molecule has 0 aliphatic rings. The lowest BCUT2D eigenvalue weighted by Gasteiger charge is -2.01. The number of benzene rings is 1. The van der Waals surface area contributed by atoms with Gasteiger partial charge in [0.25, 0.3) is 0 Å². The molecule has 0 atom stereocenters. The summed E-state index contributed by atoms with van der Waals surface area (Å²) in [4.78, 5) is 11.1. The summed E-state index contributed by atoms with van der Waals surface area (Å²) in [6.07, 6.45) is 0.535. The number of halogens is 1. The summed E-state index contributed by atoms with van der Waals surface area (Å²) in [5.74, 6) is -0.808. The fourth-order valence-corrected chi connectivity index (χ4v) is 0.834. The van der Waals surface area contributed by atoms with Gasteiger partial charge in [0.15, 0.2) is 0 Å². The minimum absolute atomic E-state index is 0.288. The van der Waals surface area contributed by atoms with E-state index in [0.717, 1.165) is 0 Å². The van der Waals surface area contributed by atoms with Crippen molar-refractivity contribution in [1.82, 2.24) is 0 Å². The van der Waals surface area contributed by atoms with Crippen LogP contribution >= 0.6 is 0 Å². The minimum atomic E-state index is -0.441. The zero-order valence-corrected chi connectivity index (χ0v) is 7.13. The van der Waals surface area contributed by atoms with Gasteiger partial charge in [-0.2, -0.15) is 0 Å². The maximum atomic E-state index is 12.4. The molecule has 0 N–H and O–H groups in total. The highest BCUT2D eigenvalue weighted by molar-refractivity contribution is 5.89. The average Bonchev–Trinajstić information content (AvgIpc) is 2.15. The molecule has 0 aromatic heterocycles. The molecule has 0 aliphatic heterocycles. The molecule has 69 valence electrons. The summed E-state index contributed by atoms with van der Waals surface area (Å²) in [5.41, 5.74) is 0.356. The van der Waals surface area contributed by atoms with Crippen LogP contribution in [-0.2, 0) is 4.74 Å². The van der Waals surface area contributed by atoms with Gasteiger partial charge in [-0.05, 0) is 37.6 Å². The van der Waals surface area contributed by atoms with Gasteiger partial charge in [0.2, 0.25) is 0 Å². The van der Waals surface area contributed by atoms with Crippen molar-refractivity contribution in [2.45, 2.75) is 6.42 Å². The second-order valence-corrected chi connectivity index (χ2v) is 2.50. The lowest BCUT2D eigenvalue weighted by atomic mass is 10.2. The Kier molecular flexibility index (Phi) is 3.43.